The number of fused-ring (bicyclic) bond motifs is 1. The second kappa shape index (κ2) is 6.68. The Bertz CT molecular complexity index is 611. The van der Waals surface area contributed by atoms with E-state index in [2.05, 4.69) is 5.32 Å². The summed E-state index contributed by atoms with van der Waals surface area (Å²) in [4.78, 5) is 37.7. The van der Waals surface area contributed by atoms with Crippen LogP contribution in [-0.2, 0) is 16.1 Å². The van der Waals surface area contributed by atoms with Crippen LogP contribution in [0.15, 0.2) is 24.3 Å². The molecule has 1 saturated heterocycles. The Morgan fingerprint density at radius 2 is 2.04 bits per heavy atom. The molecular formula is C16H19N3O4. The first-order valence-corrected chi connectivity index (χ1v) is 7.70. The van der Waals surface area contributed by atoms with Gasteiger partial charge in [-0.3, -0.25) is 4.79 Å². The summed E-state index contributed by atoms with van der Waals surface area (Å²) in [7, 11) is 0. The van der Waals surface area contributed by atoms with Crippen molar-refractivity contribution in [1.29, 1.82) is 0 Å². The van der Waals surface area contributed by atoms with Gasteiger partial charge in [0.15, 0.2) is 6.29 Å². The summed E-state index contributed by atoms with van der Waals surface area (Å²) in [6, 6.07) is 7.77. The van der Waals surface area contributed by atoms with Gasteiger partial charge in [0.05, 0.1) is 0 Å². The minimum atomic E-state index is -0.469. The lowest BCUT2D eigenvalue weighted by molar-refractivity contribution is -0.110. The maximum absolute atomic E-state index is 12.3. The molecule has 7 nitrogen and oxygen atoms in total. The van der Waals surface area contributed by atoms with E-state index >= 15 is 0 Å². The normalized spacial score (nSPS) is 18.2. The lowest BCUT2D eigenvalue weighted by atomic mass is 10.0. The van der Waals surface area contributed by atoms with Gasteiger partial charge in [-0.05, 0) is 24.5 Å². The van der Waals surface area contributed by atoms with E-state index in [1.54, 1.807) is 4.90 Å². The van der Waals surface area contributed by atoms with E-state index < -0.39 is 6.09 Å². The number of nitrogens with one attached hydrogen (secondary N) is 1. The third-order valence-electron chi connectivity index (χ3n) is 4.30. The van der Waals surface area contributed by atoms with Gasteiger partial charge in [-0.1, -0.05) is 18.2 Å². The van der Waals surface area contributed by atoms with Gasteiger partial charge in [0.25, 0.3) is 0 Å². The molecule has 2 heterocycles. The molecule has 3 rings (SSSR count). The highest BCUT2D eigenvalue weighted by Crippen LogP contribution is 2.27. The topological polar surface area (TPSA) is 79.0 Å². The molecule has 1 fully saturated rings. The number of amides is 3. The molecule has 0 radical (unpaired) electrons. The van der Waals surface area contributed by atoms with Crippen molar-refractivity contribution in [2.75, 3.05) is 25.0 Å². The zero-order chi connectivity index (χ0) is 16.2. The number of nitrogens with zero attached hydrogens (tertiary/aromatic N) is 2. The Hall–Kier alpha value is -2.57. The first-order chi connectivity index (χ1) is 11.2. The SMILES string of the molecule is O=CCOC(=O)N1CCC(N2Cc3ccccc3NC2=O)CC1. The van der Waals surface area contributed by atoms with Crippen LogP contribution in [0, 0.1) is 0 Å². The second-order valence-corrected chi connectivity index (χ2v) is 5.68. The van der Waals surface area contributed by atoms with Crippen LogP contribution in [0.4, 0.5) is 15.3 Å². The fourth-order valence-corrected chi connectivity index (χ4v) is 3.07. The molecule has 3 amide bonds. The average molecular weight is 317 g/mol. The molecule has 0 aromatic heterocycles. The Balaban J connectivity index is 1.59. The predicted molar refractivity (Wildman–Crippen MR) is 83.0 cm³/mol. The Morgan fingerprint density at radius 3 is 2.78 bits per heavy atom. The van der Waals surface area contributed by atoms with Crippen LogP contribution in [0.3, 0.4) is 0 Å². The van der Waals surface area contributed by atoms with Crippen molar-refractivity contribution in [3.05, 3.63) is 29.8 Å². The van der Waals surface area contributed by atoms with Gasteiger partial charge < -0.3 is 19.9 Å². The summed E-state index contributed by atoms with van der Waals surface area (Å²) in [6.45, 7) is 1.41. The Kier molecular flexibility index (Phi) is 4.45. The number of anilines is 1. The molecular weight excluding hydrogens is 298 g/mol. The predicted octanol–water partition coefficient (Wildman–Crippen LogP) is 1.83. The van der Waals surface area contributed by atoms with Gasteiger partial charge in [-0.25, -0.2) is 9.59 Å². The quantitative estimate of drug-likeness (QED) is 0.863. The minimum Gasteiger partial charge on any atom is -0.442 e. The Morgan fingerprint density at radius 1 is 1.30 bits per heavy atom. The lowest BCUT2D eigenvalue weighted by Gasteiger charge is -2.40. The standard InChI is InChI=1S/C16H19N3O4/c20-9-10-23-16(22)18-7-5-13(6-8-18)19-11-12-3-1-2-4-14(12)17-15(19)21/h1-4,9,13H,5-8,10-11H2,(H,17,21). The third kappa shape index (κ3) is 3.28. The number of rotatable bonds is 3. The number of carbonyl (C=O) groups excluding carboxylic acids is 3. The summed E-state index contributed by atoms with van der Waals surface area (Å²) >= 11 is 0. The van der Waals surface area contributed by atoms with Gasteiger partial charge >= 0.3 is 12.1 Å². The number of carbonyl (C=O) groups is 3. The third-order valence-corrected chi connectivity index (χ3v) is 4.30. The highest BCUT2D eigenvalue weighted by molar-refractivity contribution is 5.92. The van der Waals surface area contributed by atoms with Crippen molar-refractivity contribution < 1.29 is 19.1 Å². The maximum atomic E-state index is 12.3. The van der Waals surface area contributed by atoms with Gasteiger partial charge in [-0.15, -0.1) is 0 Å². The van der Waals surface area contributed by atoms with Crippen molar-refractivity contribution in [2.45, 2.75) is 25.4 Å². The maximum Gasteiger partial charge on any atom is 0.410 e. The summed E-state index contributed by atoms with van der Waals surface area (Å²) < 4.78 is 4.81. The highest BCUT2D eigenvalue weighted by atomic mass is 16.6. The largest absolute Gasteiger partial charge is 0.442 e. The molecule has 0 spiro atoms. The second-order valence-electron chi connectivity index (χ2n) is 5.68. The highest BCUT2D eigenvalue weighted by Gasteiger charge is 2.32. The van der Waals surface area contributed by atoms with E-state index in [9.17, 15) is 14.4 Å². The van der Waals surface area contributed by atoms with Gasteiger partial charge in [-0.2, -0.15) is 0 Å². The van der Waals surface area contributed by atoms with Crippen LogP contribution < -0.4 is 5.32 Å². The number of aldehydes is 1. The fourth-order valence-electron chi connectivity index (χ4n) is 3.07. The van der Waals surface area contributed by atoms with Crippen LogP contribution in [0.1, 0.15) is 18.4 Å². The minimum absolute atomic E-state index is 0.0920. The molecule has 2 aliphatic rings. The molecule has 7 heteroatoms. The summed E-state index contributed by atoms with van der Waals surface area (Å²) in [5.41, 5.74) is 1.96. The zero-order valence-corrected chi connectivity index (χ0v) is 12.7. The van der Waals surface area contributed by atoms with Gasteiger partial charge in [0, 0.05) is 31.4 Å². The van der Waals surface area contributed by atoms with Gasteiger partial charge in [0.2, 0.25) is 0 Å². The molecule has 0 saturated carbocycles. The van der Waals surface area contributed by atoms with Crippen molar-refractivity contribution in [3.63, 3.8) is 0 Å². The van der Waals surface area contributed by atoms with Gasteiger partial charge in [0.1, 0.15) is 6.61 Å². The summed E-state index contributed by atoms with van der Waals surface area (Å²) in [6.07, 6.45) is 1.49. The number of urea groups is 1. The number of ether oxygens (including phenoxy) is 1. The van der Waals surface area contributed by atoms with Crippen LogP contribution in [0.25, 0.3) is 0 Å². The molecule has 122 valence electrons. The molecule has 2 aliphatic heterocycles. The van der Waals surface area contributed by atoms with E-state index in [1.807, 2.05) is 29.2 Å². The molecule has 1 N–H and O–H groups in total. The summed E-state index contributed by atoms with van der Waals surface area (Å²) in [5.74, 6) is 0. The van der Waals surface area contributed by atoms with Crippen LogP contribution in [-0.4, -0.2) is 53.9 Å². The van der Waals surface area contributed by atoms with E-state index in [0.29, 0.717) is 38.8 Å². The molecule has 0 unspecified atom stereocenters. The molecule has 0 bridgehead atoms. The molecule has 1 aromatic carbocycles. The Labute approximate surface area is 134 Å². The number of benzene rings is 1. The molecule has 0 aliphatic carbocycles. The summed E-state index contributed by atoms with van der Waals surface area (Å²) in [5, 5.41) is 2.91. The molecule has 23 heavy (non-hydrogen) atoms. The molecule has 0 atom stereocenters. The smallest absolute Gasteiger partial charge is 0.410 e. The van der Waals surface area contributed by atoms with E-state index in [1.165, 1.54) is 0 Å². The fraction of sp³-hybridized carbons (Fsp3) is 0.438. The van der Waals surface area contributed by atoms with Crippen LogP contribution >= 0.6 is 0 Å². The van der Waals surface area contributed by atoms with Crippen LogP contribution in [0.5, 0.6) is 0 Å². The first-order valence-electron chi connectivity index (χ1n) is 7.70. The van der Waals surface area contributed by atoms with Crippen molar-refractivity contribution in [2.24, 2.45) is 0 Å². The van der Waals surface area contributed by atoms with E-state index in [0.717, 1.165) is 11.3 Å². The zero-order valence-electron chi connectivity index (χ0n) is 12.7. The average Bonchev–Trinajstić information content (AvgIpc) is 2.59. The monoisotopic (exact) mass is 317 g/mol. The lowest BCUT2D eigenvalue weighted by Crippen LogP contribution is -2.51. The van der Waals surface area contributed by atoms with Crippen molar-refractivity contribution >= 4 is 24.1 Å². The van der Waals surface area contributed by atoms with Crippen LogP contribution in [0.2, 0.25) is 0 Å². The first kappa shape index (κ1) is 15.3. The number of hydrogen-bond acceptors (Lipinski definition) is 4. The van der Waals surface area contributed by atoms with E-state index in [-0.39, 0.29) is 18.7 Å². The number of hydrogen-bond donors (Lipinski definition) is 1. The number of likely N-dealkylation sites (tertiary alicyclic amines) is 1. The molecule has 1 aromatic rings. The van der Waals surface area contributed by atoms with Crippen molar-refractivity contribution in [3.8, 4) is 0 Å². The van der Waals surface area contributed by atoms with Crippen molar-refractivity contribution in [1.82, 2.24) is 9.80 Å². The number of para-hydroxylation sites is 1. The number of piperidine rings is 1. The van der Waals surface area contributed by atoms with E-state index in [4.69, 9.17) is 4.74 Å².